The third-order valence-corrected chi connectivity index (χ3v) is 3.83. The number of hydrogen-bond acceptors (Lipinski definition) is 3. The molecule has 1 aliphatic rings. The number of nitrogens with zero attached hydrogens (tertiary/aromatic N) is 1. The van der Waals surface area contributed by atoms with Gasteiger partial charge in [-0.05, 0) is 24.5 Å². The molecule has 5 nitrogen and oxygen atoms in total. The molecule has 2 N–H and O–H groups in total. The molecule has 0 saturated heterocycles. The molecule has 0 aliphatic heterocycles. The molecule has 0 bridgehead atoms. The maximum absolute atomic E-state index is 12.0. The molecule has 21 heavy (non-hydrogen) atoms. The third-order valence-electron chi connectivity index (χ3n) is 3.46. The Kier molecular flexibility index (Phi) is 5.59. The van der Waals surface area contributed by atoms with Crippen molar-refractivity contribution < 1.29 is 14.7 Å². The minimum atomic E-state index is -0.836. The number of halogens is 1. The topological polar surface area (TPSA) is 69.6 Å². The fraction of sp³-hybridized carbons (Fsp3) is 0.467. The van der Waals surface area contributed by atoms with Gasteiger partial charge in [-0.15, -0.1) is 0 Å². The second-order valence-electron chi connectivity index (χ2n) is 5.21. The first-order chi connectivity index (χ1) is 10.1. The van der Waals surface area contributed by atoms with Crippen molar-refractivity contribution in [3.63, 3.8) is 0 Å². The molecule has 1 fully saturated rings. The van der Waals surface area contributed by atoms with E-state index in [2.05, 4.69) is 5.32 Å². The van der Waals surface area contributed by atoms with Gasteiger partial charge in [0.15, 0.2) is 0 Å². The van der Waals surface area contributed by atoms with E-state index in [9.17, 15) is 9.59 Å². The summed E-state index contributed by atoms with van der Waals surface area (Å²) in [7, 11) is 0. The van der Waals surface area contributed by atoms with Crippen LogP contribution in [0.2, 0.25) is 5.02 Å². The number of carboxylic acids is 1. The van der Waals surface area contributed by atoms with Crippen molar-refractivity contribution in [3.05, 3.63) is 34.9 Å². The van der Waals surface area contributed by atoms with Crippen LogP contribution in [0.4, 0.5) is 0 Å². The molecule has 1 aromatic carbocycles. The Bertz CT molecular complexity index is 517. The lowest BCUT2D eigenvalue weighted by Crippen LogP contribution is -2.39. The van der Waals surface area contributed by atoms with Crippen LogP contribution in [0.25, 0.3) is 0 Å². The van der Waals surface area contributed by atoms with Gasteiger partial charge < -0.3 is 10.4 Å². The van der Waals surface area contributed by atoms with Crippen LogP contribution in [-0.2, 0) is 16.1 Å². The number of carbonyl (C=O) groups is 2. The summed E-state index contributed by atoms with van der Waals surface area (Å²) in [5, 5.41) is 12.2. The zero-order valence-electron chi connectivity index (χ0n) is 11.7. The van der Waals surface area contributed by atoms with Crippen molar-refractivity contribution in [1.29, 1.82) is 0 Å². The van der Waals surface area contributed by atoms with E-state index in [4.69, 9.17) is 16.7 Å². The quantitative estimate of drug-likeness (QED) is 0.769. The Hall–Kier alpha value is -1.59. The van der Waals surface area contributed by atoms with Crippen LogP contribution in [0.15, 0.2) is 24.3 Å². The van der Waals surface area contributed by atoms with Crippen molar-refractivity contribution >= 4 is 23.5 Å². The Morgan fingerprint density at radius 3 is 2.67 bits per heavy atom. The van der Waals surface area contributed by atoms with E-state index < -0.39 is 5.97 Å². The molecule has 0 radical (unpaired) electrons. The molecule has 0 atom stereocenters. The second kappa shape index (κ2) is 7.43. The van der Waals surface area contributed by atoms with Gasteiger partial charge in [0, 0.05) is 24.2 Å². The molecule has 0 aromatic heterocycles. The fourth-order valence-electron chi connectivity index (χ4n) is 2.15. The average Bonchev–Trinajstić information content (AvgIpc) is 3.27. The highest BCUT2D eigenvalue weighted by Gasteiger charge is 2.30. The van der Waals surface area contributed by atoms with Crippen LogP contribution in [0, 0.1) is 0 Å². The number of amides is 1. The summed E-state index contributed by atoms with van der Waals surface area (Å²) in [6.45, 7) is 1.04. The summed E-state index contributed by atoms with van der Waals surface area (Å²) < 4.78 is 0. The van der Waals surface area contributed by atoms with Crippen LogP contribution < -0.4 is 5.32 Å². The Morgan fingerprint density at radius 1 is 1.33 bits per heavy atom. The first-order valence-electron chi connectivity index (χ1n) is 7.02. The van der Waals surface area contributed by atoms with Crippen molar-refractivity contribution in [2.75, 3.05) is 13.1 Å². The lowest BCUT2D eigenvalue weighted by atomic mass is 10.2. The summed E-state index contributed by atoms with van der Waals surface area (Å²) in [5.74, 6) is -0.940. The van der Waals surface area contributed by atoms with Gasteiger partial charge in [0.1, 0.15) is 0 Å². The highest BCUT2D eigenvalue weighted by Crippen LogP contribution is 2.26. The predicted octanol–water partition coefficient (Wildman–Crippen LogP) is 1.90. The number of aliphatic carboxylic acids is 1. The Morgan fingerprint density at radius 2 is 2.05 bits per heavy atom. The molecule has 114 valence electrons. The van der Waals surface area contributed by atoms with E-state index in [1.807, 2.05) is 23.1 Å². The van der Waals surface area contributed by atoms with E-state index in [1.54, 1.807) is 6.07 Å². The highest BCUT2D eigenvalue weighted by atomic mass is 35.5. The first-order valence-corrected chi connectivity index (χ1v) is 7.40. The van der Waals surface area contributed by atoms with Gasteiger partial charge in [-0.25, -0.2) is 0 Å². The zero-order valence-corrected chi connectivity index (χ0v) is 12.5. The van der Waals surface area contributed by atoms with E-state index in [0.29, 0.717) is 24.2 Å². The zero-order chi connectivity index (χ0) is 15.2. The summed E-state index contributed by atoms with van der Waals surface area (Å²) in [6.07, 6.45) is 2.14. The van der Waals surface area contributed by atoms with Crippen molar-refractivity contribution in [1.82, 2.24) is 10.2 Å². The number of carboxylic acid groups (broad SMARTS) is 1. The second-order valence-corrected chi connectivity index (χ2v) is 5.62. The van der Waals surface area contributed by atoms with Gasteiger partial charge in [0.05, 0.1) is 13.0 Å². The standard InChI is InChI=1S/C15H19ClN2O3/c16-13-4-2-1-3-11(13)9-17-14(19)10-18(12-5-6-12)8-7-15(20)21/h1-4,12H,5-10H2,(H,17,19)(H,20,21). The third kappa shape index (κ3) is 5.36. The van der Waals surface area contributed by atoms with Gasteiger partial charge in [-0.1, -0.05) is 29.8 Å². The number of benzene rings is 1. The average molecular weight is 311 g/mol. The maximum atomic E-state index is 12.0. The van der Waals surface area contributed by atoms with E-state index in [0.717, 1.165) is 18.4 Å². The number of carbonyl (C=O) groups excluding carboxylic acids is 1. The molecule has 1 aromatic rings. The number of rotatable bonds is 8. The van der Waals surface area contributed by atoms with Crippen molar-refractivity contribution in [2.24, 2.45) is 0 Å². The number of hydrogen-bond donors (Lipinski definition) is 2. The molecule has 2 rings (SSSR count). The van der Waals surface area contributed by atoms with Gasteiger partial charge in [-0.3, -0.25) is 14.5 Å². The SMILES string of the molecule is O=C(O)CCN(CC(=O)NCc1ccccc1Cl)C1CC1. The molecule has 1 amide bonds. The molecule has 0 unspecified atom stereocenters. The molecular weight excluding hydrogens is 292 g/mol. The van der Waals surface area contributed by atoms with Crippen LogP contribution in [0.3, 0.4) is 0 Å². The largest absolute Gasteiger partial charge is 0.481 e. The summed E-state index contributed by atoms with van der Waals surface area (Å²) in [4.78, 5) is 24.6. The van der Waals surface area contributed by atoms with E-state index in [-0.39, 0.29) is 18.9 Å². The van der Waals surface area contributed by atoms with Gasteiger partial charge in [0.25, 0.3) is 0 Å². The Balaban J connectivity index is 1.79. The summed E-state index contributed by atoms with van der Waals surface area (Å²) in [5.41, 5.74) is 0.871. The molecule has 0 heterocycles. The summed E-state index contributed by atoms with van der Waals surface area (Å²) >= 11 is 6.03. The first kappa shape index (κ1) is 15.8. The van der Waals surface area contributed by atoms with Gasteiger partial charge >= 0.3 is 5.97 Å². The van der Waals surface area contributed by atoms with E-state index >= 15 is 0 Å². The van der Waals surface area contributed by atoms with Crippen LogP contribution in [-0.4, -0.2) is 41.0 Å². The fourth-order valence-corrected chi connectivity index (χ4v) is 2.35. The van der Waals surface area contributed by atoms with Crippen LogP contribution in [0.5, 0.6) is 0 Å². The monoisotopic (exact) mass is 310 g/mol. The van der Waals surface area contributed by atoms with Crippen LogP contribution >= 0.6 is 11.6 Å². The molecule has 6 heteroatoms. The molecule has 0 spiro atoms. The van der Waals surface area contributed by atoms with Gasteiger partial charge in [-0.2, -0.15) is 0 Å². The lowest BCUT2D eigenvalue weighted by molar-refractivity contribution is -0.137. The van der Waals surface area contributed by atoms with Crippen LogP contribution in [0.1, 0.15) is 24.8 Å². The normalized spacial score (nSPS) is 14.2. The highest BCUT2D eigenvalue weighted by molar-refractivity contribution is 6.31. The summed E-state index contributed by atoms with van der Waals surface area (Å²) in [6, 6.07) is 7.72. The van der Waals surface area contributed by atoms with Crippen molar-refractivity contribution in [2.45, 2.75) is 31.8 Å². The maximum Gasteiger partial charge on any atom is 0.304 e. The number of nitrogens with one attached hydrogen (secondary N) is 1. The Labute approximate surface area is 128 Å². The predicted molar refractivity (Wildman–Crippen MR) is 80.1 cm³/mol. The molecular formula is C15H19ClN2O3. The van der Waals surface area contributed by atoms with E-state index in [1.165, 1.54) is 0 Å². The van der Waals surface area contributed by atoms with Gasteiger partial charge in [0.2, 0.25) is 5.91 Å². The lowest BCUT2D eigenvalue weighted by Gasteiger charge is -2.20. The van der Waals surface area contributed by atoms with Crippen molar-refractivity contribution in [3.8, 4) is 0 Å². The minimum absolute atomic E-state index is 0.0638. The smallest absolute Gasteiger partial charge is 0.304 e. The minimum Gasteiger partial charge on any atom is -0.481 e. The molecule has 1 aliphatic carbocycles. The molecule has 1 saturated carbocycles.